The predicted octanol–water partition coefficient (Wildman–Crippen LogP) is 1.75. The van der Waals surface area contributed by atoms with Gasteiger partial charge in [-0.3, -0.25) is 13.7 Å². The second-order valence-corrected chi connectivity index (χ2v) is 6.79. The van der Waals surface area contributed by atoms with Crippen LogP contribution in [-0.4, -0.2) is 36.8 Å². The molecule has 0 fully saturated rings. The first-order valence-electron chi connectivity index (χ1n) is 7.54. The summed E-state index contributed by atoms with van der Waals surface area (Å²) in [6.07, 6.45) is 5.26. The first-order valence-corrected chi connectivity index (χ1v) is 8.85. The molecule has 2 heterocycles. The van der Waals surface area contributed by atoms with Crippen LogP contribution < -0.4 is 5.32 Å². The average molecular weight is 342 g/mol. The van der Waals surface area contributed by atoms with Crippen LogP contribution in [0.5, 0.6) is 0 Å². The van der Waals surface area contributed by atoms with Gasteiger partial charge in [0, 0.05) is 36.6 Å². The molecule has 6 nitrogen and oxygen atoms in total. The van der Waals surface area contributed by atoms with Crippen LogP contribution in [0.15, 0.2) is 66.0 Å². The van der Waals surface area contributed by atoms with Crippen molar-refractivity contribution in [3.05, 3.63) is 66.6 Å². The smallest absolute Gasteiger partial charge is 0.256 e. The molecule has 0 aliphatic heterocycles. The molecular formula is C17H18N4O2S. The molecule has 1 aromatic carbocycles. The molecule has 0 bridgehead atoms. The van der Waals surface area contributed by atoms with Crippen molar-refractivity contribution >= 4 is 16.7 Å². The fourth-order valence-electron chi connectivity index (χ4n) is 2.42. The van der Waals surface area contributed by atoms with Crippen LogP contribution in [0.2, 0.25) is 0 Å². The standard InChI is InChI=1S/C17H18N4O2S/c1-20-17(21-10-5-6-11-21)15(13-19-20)16(22)18-9-12-24(23)14-7-3-2-4-8-14/h2-8,10-11,13H,9,12H2,1H3,(H,18,22)/t24-/m0/s1. The van der Waals surface area contributed by atoms with E-state index >= 15 is 0 Å². The van der Waals surface area contributed by atoms with E-state index in [0.717, 1.165) is 4.90 Å². The van der Waals surface area contributed by atoms with Crippen molar-refractivity contribution in [3.8, 4) is 5.82 Å². The van der Waals surface area contributed by atoms with Crippen LogP contribution >= 0.6 is 0 Å². The monoisotopic (exact) mass is 342 g/mol. The number of hydrogen-bond acceptors (Lipinski definition) is 3. The summed E-state index contributed by atoms with van der Waals surface area (Å²) in [7, 11) is 0.662. The fraction of sp³-hybridized carbons (Fsp3) is 0.176. The molecular weight excluding hydrogens is 324 g/mol. The van der Waals surface area contributed by atoms with Gasteiger partial charge in [0.1, 0.15) is 11.4 Å². The zero-order valence-electron chi connectivity index (χ0n) is 13.3. The number of aryl methyl sites for hydroxylation is 1. The summed E-state index contributed by atoms with van der Waals surface area (Å²) >= 11 is 0. The Labute approximate surface area is 142 Å². The molecule has 3 aromatic rings. The lowest BCUT2D eigenvalue weighted by atomic mass is 10.3. The number of benzene rings is 1. The van der Waals surface area contributed by atoms with Crippen molar-refractivity contribution in [2.24, 2.45) is 7.05 Å². The maximum Gasteiger partial charge on any atom is 0.256 e. The summed E-state index contributed by atoms with van der Waals surface area (Å²) in [6.45, 7) is 0.334. The predicted molar refractivity (Wildman–Crippen MR) is 92.6 cm³/mol. The molecule has 1 atom stereocenters. The van der Waals surface area contributed by atoms with E-state index in [9.17, 15) is 9.00 Å². The molecule has 0 unspecified atom stereocenters. The van der Waals surface area contributed by atoms with E-state index < -0.39 is 10.8 Å². The van der Waals surface area contributed by atoms with E-state index in [-0.39, 0.29) is 5.91 Å². The Kier molecular flexibility index (Phi) is 4.90. The van der Waals surface area contributed by atoms with Gasteiger partial charge in [-0.15, -0.1) is 0 Å². The van der Waals surface area contributed by atoms with Gasteiger partial charge in [-0.25, -0.2) is 0 Å². The Morgan fingerprint density at radius 2 is 1.88 bits per heavy atom. The van der Waals surface area contributed by atoms with Crippen molar-refractivity contribution in [2.75, 3.05) is 12.3 Å². The summed E-state index contributed by atoms with van der Waals surface area (Å²) < 4.78 is 15.6. The Balaban J connectivity index is 1.63. The van der Waals surface area contributed by atoms with Gasteiger partial charge in [0.05, 0.1) is 17.0 Å². The van der Waals surface area contributed by atoms with Crippen molar-refractivity contribution in [2.45, 2.75) is 4.90 Å². The van der Waals surface area contributed by atoms with Gasteiger partial charge in [-0.1, -0.05) is 18.2 Å². The maximum absolute atomic E-state index is 12.4. The quantitative estimate of drug-likeness (QED) is 0.742. The van der Waals surface area contributed by atoms with Gasteiger partial charge in [-0.2, -0.15) is 5.10 Å². The first kappa shape index (κ1) is 16.2. The summed E-state index contributed by atoms with van der Waals surface area (Å²) in [5.41, 5.74) is 0.485. The van der Waals surface area contributed by atoms with Crippen molar-refractivity contribution in [1.29, 1.82) is 0 Å². The van der Waals surface area contributed by atoms with Crippen LogP contribution in [0.1, 0.15) is 10.4 Å². The minimum Gasteiger partial charge on any atom is -0.351 e. The van der Waals surface area contributed by atoms with E-state index in [0.29, 0.717) is 23.7 Å². The fourth-order valence-corrected chi connectivity index (χ4v) is 3.40. The third kappa shape index (κ3) is 3.46. The lowest BCUT2D eigenvalue weighted by Gasteiger charge is -2.08. The van der Waals surface area contributed by atoms with Crippen LogP contribution in [0.3, 0.4) is 0 Å². The minimum atomic E-state index is -1.13. The third-order valence-corrected chi connectivity index (χ3v) is 4.95. The number of amides is 1. The summed E-state index contributed by atoms with van der Waals surface area (Å²) in [6, 6.07) is 13.0. The molecule has 1 N–H and O–H groups in total. The highest BCUT2D eigenvalue weighted by atomic mass is 32.2. The molecule has 124 valence electrons. The van der Waals surface area contributed by atoms with E-state index in [2.05, 4.69) is 10.4 Å². The molecule has 0 saturated heterocycles. The average Bonchev–Trinajstić information content (AvgIpc) is 3.24. The zero-order chi connectivity index (χ0) is 16.9. The largest absolute Gasteiger partial charge is 0.351 e. The minimum absolute atomic E-state index is 0.225. The first-order chi connectivity index (χ1) is 11.7. The Morgan fingerprint density at radius 1 is 1.17 bits per heavy atom. The summed E-state index contributed by atoms with van der Waals surface area (Å²) in [5.74, 6) is 0.841. The van der Waals surface area contributed by atoms with Crippen molar-refractivity contribution < 1.29 is 9.00 Å². The molecule has 0 aliphatic rings. The van der Waals surface area contributed by atoms with Crippen molar-refractivity contribution in [1.82, 2.24) is 19.7 Å². The molecule has 0 spiro atoms. The SMILES string of the molecule is Cn1ncc(C(=O)NCC[S@](=O)c2ccccc2)c1-n1cccc1. The number of aromatic nitrogens is 3. The molecule has 7 heteroatoms. The number of nitrogens with zero attached hydrogens (tertiary/aromatic N) is 3. The Morgan fingerprint density at radius 3 is 2.58 bits per heavy atom. The Bertz CT molecular complexity index is 841. The molecule has 0 aliphatic carbocycles. The molecule has 1 amide bonds. The summed E-state index contributed by atoms with van der Waals surface area (Å²) in [5, 5.41) is 6.98. The number of rotatable bonds is 6. The van der Waals surface area contributed by atoms with E-state index in [1.54, 1.807) is 17.9 Å². The normalized spacial score (nSPS) is 12.0. The highest BCUT2D eigenvalue weighted by Crippen LogP contribution is 2.13. The Hall–Kier alpha value is -2.67. The lowest BCUT2D eigenvalue weighted by molar-refractivity contribution is 0.0956. The van der Waals surface area contributed by atoms with Crippen LogP contribution in [0.4, 0.5) is 0 Å². The van der Waals surface area contributed by atoms with Gasteiger partial charge in [-0.05, 0) is 24.3 Å². The van der Waals surface area contributed by atoms with E-state index in [4.69, 9.17) is 0 Å². The molecule has 24 heavy (non-hydrogen) atoms. The number of carbonyl (C=O) groups is 1. The van der Waals surface area contributed by atoms with Crippen LogP contribution in [-0.2, 0) is 17.8 Å². The van der Waals surface area contributed by atoms with Gasteiger partial charge in [0.25, 0.3) is 5.91 Å². The van der Waals surface area contributed by atoms with Gasteiger partial charge >= 0.3 is 0 Å². The van der Waals surface area contributed by atoms with Crippen molar-refractivity contribution in [3.63, 3.8) is 0 Å². The van der Waals surface area contributed by atoms with Gasteiger partial charge in [0.2, 0.25) is 0 Å². The lowest BCUT2D eigenvalue weighted by Crippen LogP contribution is -2.28. The third-order valence-electron chi connectivity index (χ3n) is 3.58. The number of hydrogen-bond donors (Lipinski definition) is 1. The van der Waals surface area contributed by atoms with Gasteiger partial charge in [0.15, 0.2) is 0 Å². The molecule has 2 aromatic heterocycles. The number of carbonyl (C=O) groups excluding carboxylic acids is 1. The second kappa shape index (κ2) is 7.27. The molecule has 0 radical (unpaired) electrons. The molecule has 3 rings (SSSR count). The topological polar surface area (TPSA) is 68.9 Å². The zero-order valence-corrected chi connectivity index (χ0v) is 14.1. The van der Waals surface area contributed by atoms with Crippen LogP contribution in [0, 0.1) is 0 Å². The highest BCUT2D eigenvalue weighted by molar-refractivity contribution is 7.85. The number of nitrogens with one attached hydrogen (secondary N) is 1. The second-order valence-electron chi connectivity index (χ2n) is 5.21. The highest BCUT2D eigenvalue weighted by Gasteiger charge is 2.17. The maximum atomic E-state index is 12.4. The summed E-state index contributed by atoms with van der Waals surface area (Å²) in [4.78, 5) is 13.2. The van der Waals surface area contributed by atoms with E-state index in [1.165, 1.54) is 0 Å². The van der Waals surface area contributed by atoms with Gasteiger partial charge < -0.3 is 9.88 Å². The van der Waals surface area contributed by atoms with Crippen LogP contribution in [0.25, 0.3) is 5.82 Å². The van der Waals surface area contributed by atoms with E-state index in [1.807, 2.05) is 59.4 Å². The molecule has 0 saturated carbocycles.